The second-order valence-electron chi connectivity index (χ2n) is 5.35. The van der Waals surface area contributed by atoms with E-state index < -0.39 is 0 Å². The molecule has 1 aromatic heterocycles. The maximum absolute atomic E-state index is 3.50. The number of benzene rings is 2. The number of hydrogen-bond donors (Lipinski definition) is 1. The van der Waals surface area contributed by atoms with Gasteiger partial charge >= 0.3 is 0 Å². The number of hydrogen-bond acceptors (Lipinski definition) is 2. The number of aryl methyl sites for hydroxylation is 1. The van der Waals surface area contributed by atoms with E-state index in [2.05, 4.69) is 73.2 Å². The number of fused-ring (bicyclic) bond motifs is 1. The molecule has 0 saturated heterocycles. The van der Waals surface area contributed by atoms with Gasteiger partial charge in [0.15, 0.2) is 0 Å². The highest BCUT2D eigenvalue weighted by atomic mass is 32.1. The molecule has 0 spiro atoms. The molecule has 1 atom stereocenters. The summed E-state index contributed by atoms with van der Waals surface area (Å²) in [5.41, 5.74) is 2.89. The lowest BCUT2D eigenvalue weighted by Crippen LogP contribution is -2.19. The van der Waals surface area contributed by atoms with Crippen LogP contribution in [0.15, 0.2) is 53.9 Å². The van der Waals surface area contributed by atoms with Crippen LogP contribution < -0.4 is 5.32 Å². The summed E-state index contributed by atoms with van der Waals surface area (Å²) in [6, 6.07) is 17.9. The summed E-state index contributed by atoms with van der Waals surface area (Å²) in [6.45, 7) is 2.23. The van der Waals surface area contributed by atoms with E-state index in [4.69, 9.17) is 0 Å². The van der Waals surface area contributed by atoms with Crippen LogP contribution in [0.3, 0.4) is 0 Å². The van der Waals surface area contributed by atoms with Gasteiger partial charge in [0.25, 0.3) is 0 Å². The summed E-state index contributed by atoms with van der Waals surface area (Å²) in [5, 5.41) is 8.41. The van der Waals surface area contributed by atoms with Gasteiger partial charge < -0.3 is 5.32 Å². The first-order valence-corrected chi connectivity index (χ1v) is 8.41. The molecular formula is C19H21NS. The molecule has 0 amide bonds. The largest absolute Gasteiger partial charge is 0.312 e. The second-order valence-corrected chi connectivity index (χ2v) is 6.29. The van der Waals surface area contributed by atoms with E-state index >= 15 is 0 Å². The van der Waals surface area contributed by atoms with Crippen molar-refractivity contribution in [3.05, 3.63) is 69.9 Å². The van der Waals surface area contributed by atoms with Crippen LogP contribution >= 0.6 is 11.3 Å². The average molecular weight is 295 g/mol. The van der Waals surface area contributed by atoms with Gasteiger partial charge in [0, 0.05) is 10.9 Å². The molecular weight excluding hydrogens is 274 g/mol. The molecule has 2 heteroatoms. The summed E-state index contributed by atoms with van der Waals surface area (Å²) in [6.07, 6.45) is 2.14. The van der Waals surface area contributed by atoms with Gasteiger partial charge in [0.05, 0.1) is 0 Å². The zero-order valence-corrected chi connectivity index (χ0v) is 13.4. The third-order valence-electron chi connectivity index (χ3n) is 4.13. The fraction of sp³-hybridized carbons (Fsp3) is 0.263. The molecule has 0 saturated carbocycles. The first-order chi connectivity index (χ1) is 10.3. The predicted molar refractivity (Wildman–Crippen MR) is 93.1 cm³/mol. The molecule has 0 aliphatic rings. The smallest absolute Gasteiger partial charge is 0.0456 e. The molecule has 1 nitrogen and oxygen atoms in total. The van der Waals surface area contributed by atoms with Crippen LogP contribution in [-0.4, -0.2) is 7.05 Å². The predicted octanol–water partition coefficient (Wildman–Crippen LogP) is 4.97. The minimum atomic E-state index is 0.394. The Kier molecular flexibility index (Phi) is 4.37. The minimum absolute atomic E-state index is 0.394. The maximum Gasteiger partial charge on any atom is 0.0456 e. The van der Waals surface area contributed by atoms with Crippen LogP contribution in [0, 0.1) is 0 Å². The van der Waals surface area contributed by atoms with Gasteiger partial charge in [0.2, 0.25) is 0 Å². The maximum atomic E-state index is 3.50. The average Bonchev–Trinajstić information content (AvgIpc) is 3.01. The lowest BCUT2D eigenvalue weighted by atomic mass is 9.97. The van der Waals surface area contributed by atoms with Crippen LogP contribution in [0.25, 0.3) is 10.8 Å². The van der Waals surface area contributed by atoms with E-state index in [1.165, 1.54) is 26.8 Å². The number of likely N-dealkylation sites (N-methyl/N-ethyl adjacent to an activating group) is 1. The van der Waals surface area contributed by atoms with Crippen LogP contribution in [-0.2, 0) is 12.8 Å². The third-order valence-corrected chi connectivity index (χ3v) is 5.20. The van der Waals surface area contributed by atoms with Gasteiger partial charge in [0.1, 0.15) is 0 Å². The van der Waals surface area contributed by atoms with Gasteiger partial charge in [-0.1, -0.05) is 49.4 Å². The van der Waals surface area contributed by atoms with Crippen LogP contribution in [0.4, 0.5) is 0 Å². The van der Waals surface area contributed by atoms with Gasteiger partial charge in [-0.25, -0.2) is 0 Å². The van der Waals surface area contributed by atoms with Crippen molar-refractivity contribution in [2.24, 2.45) is 0 Å². The molecule has 2 aromatic carbocycles. The SMILES string of the molecule is CCc1ccsc1C(Cc1cccc2ccccc12)NC. The molecule has 3 rings (SSSR count). The zero-order chi connectivity index (χ0) is 14.7. The minimum Gasteiger partial charge on any atom is -0.312 e. The fourth-order valence-corrected chi connectivity index (χ4v) is 4.07. The van der Waals surface area contributed by atoms with Crippen molar-refractivity contribution in [1.29, 1.82) is 0 Å². The van der Waals surface area contributed by atoms with E-state index in [9.17, 15) is 0 Å². The van der Waals surface area contributed by atoms with Gasteiger partial charge in [-0.05, 0) is 53.2 Å². The molecule has 0 radical (unpaired) electrons. The van der Waals surface area contributed by atoms with Gasteiger partial charge in [-0.2, -0.15) is 0 Å². The van der Waals surface area contributed by atoms with Crippen molar-refractivity contribution in [3.8, 4) is 0 Å². The van der Waals surface area contributed by atoms with Crippen LogP contribution in [0.2, 0.25) is 0 Å². The molecule has 1 unspecified atom stereocenters. The zero-order valence-electron chi connectivity index (χ0n) is 12.6. The topological polar surface area (TPSA) is 12.0 Å². The molecule has 0 fully saturated rings. The molecule has 21 heavy (non-hydrogen) atoms. The van der Waals surface area contributed by atoms with E-state index in [1.807, 2.05) is 11.3 Å². The number of thiophene rings is 1. The first kappa shape index (κ1) is 14.3. The third kappa shape index (κ3) is 2.87. The number of nitrogens with one attached hydrogen (secondary N) is 1. The molecule has 0 aliphatic heterocycles. The Morgan fingerprint density at radius 2 is 1.81 bits per heavy atom. The highest BCUT2D eigenvalue weighted by molar-refractivity contribution is 7.10. The van der Waals surface area contributed by atoms with E-state index in [-0.39, 0.29) is 0 Å². The van der Waals surface area contributed by atoms with E-state index in [1.54, 1.807) is 0 Å². The Labute approximate surface area is 130 Å². The molecule has 108 valence electrons. The van der Waals surface area contributed by atoms with Crippen molar-refractivity contribution in [2.45, 2.75) is 25.8 Å². The Balaban J connectivity index is 1.96. The van der Waals surface area contributed by atoms with E-state index in [0.717, 1.165) is 12.8 Å². The second kappa shape index (κ2) is 6.42. The first-order valence-electron chi connectivity index (χ1n) is 7.53. The molecule has 3 aromatic rings. The molecule has 1 heterocycles. The fourth-order valence-electron chi connectivity index (χ4n) is 2.96. The summed E-state index contributed by atoms with van der Waals surface area (Å²) >= 11 is 1.87. The monoisotopic (exact) mass is 295 g/mol. The van der Waals surface area contributed by atoms with E-state index in [0.29, 0.717) is 6.04 Å². The highest BCUT2D eigenvalue weighted by Gasteiger charge is 2.16. The Morgan fingerprint density at radius 1 is 1.00 bits per heavy atom. The van der Waals surface area contributed by atoms with Crippen LogP contribution in [0.5, 0.6) is 0 Å². The Hall–Kier alpha value is -1.64. The van der Waals surface area contributed by atoms with Crippen molar-refractivity contribution < 1.29 is 0 Å². The summed E-state index contributed by atoms with van der Waals surface area (Å²) in [4.78, 5) is 1.48. The quantitative estimate of drug-likeness (QED) is 0.701. The lowest BCUT2D eigenvalue weighted by molar-refractivity contribution is 0.599. The highest BCUT2D eigenvalue weighted by Crippen LogP contribution is 2.29. The van der Waals surface area contributed by atoms with Crippen molar-refractivity contribution in [2.75, 3.05) is 7.05 Å². The Morgan fingerprint density at radius 3 is 2.62 bits per heavy atom. The normalized spacial score (nSPS) is 12.7. The summed E-state index contributed by atoms with van der Waals surface area (Å²) < 4.78 is 0. The lowest BCUT2D eigenvalue weighted by Gasteiger charge is -2.18. The van der Waals surface area contributed by atoms with Crippen molar-refractivity contribution >= 4 is 22.1 Å². The van der Waals surface area contributed by atoms with Gasteiger partial charge in [-0.3, -0.25) is 0 Å². The molecule has 1 N–H and O–H groups in total. The summed E-state index contributed by atoms with van der Waals surface area (Å²) in [5.74, 6) is 0. The standard InChI is InChI=1S/C19H21NS/c1-3-14-11-12-21-19(14)18(20-2)13-16-9-6-8-15-7-4-5-10-17(15)16/h4-12,18,20H,3,13H2,1-2H3. The number of rotatable bonds is 5. The van der Waals surface area contributed by atoms with Crippen LogP contribution in [0.1, 0.15) is 29.0 Å². The Bertz CT molecular complexity index is 724. The summed E-state index contributed by atoms with van der Waals surface area (Å²) in [7, 11) is 2.06. The van der Waals surface area contributed by atoms with Gasteiger partial charge in [-0.15, -0.1) is 11.3 Å². The molecule has 0 bridgehead atoms. The molecule has 0 aliphatic carbocycles. The van der Waals surface area contributed by atoms with Crippen molar-refractivity contribution in [1.82, 2.24) is 5.32 Å². The van der Waals surface area contributed by atoms with Crippen molar-refractivity contribution in [3.63, 3.8) is 0 Å².